The van der Waals surface area contributed by atoms with Gasteiger partial charge in [0.05, 0.1) is 15.6 Å². The Hall–Kier alpha value is -2.41. The topological polar surface area (TPSA) is 93.0 Å². The average molecular weight is 308 g/mol. The van der Waals surface area contributed by atoms with E-state index < -0.39 is 4.92 Å². The summed E-state index contributed by atoms with van der Waals surface area (Å²) in [7, 11) is 0. The first kappa shape index (κ1) is 15.0. The van der Waals surface area contributed by atoms with E-state index in [0.29, 0.717) is 10.7 Å². The van der Waals surface area contributed by atoms with E-state index in [4.69, 9.17) is 11.6 Å². The molecule has 0 saturated heterocycles. The monoisotopic (exact) mass is 307 g/mol. The first-order valence-corrected chi connectivity index (χ1v) is 6.64. The lowest BCUT2D eigenvalue weighted by Crippen LogP contribution is -2.14. The zero-order valence-electron chi connectivity index (χ0n) is 11.5. The first-order chi connectivity index (χ1) is 9.99. The van der Waals surface area contributed by atoms with Gasteiger partial charge in [0.2, 0.25) is 11.6 Å². The predicted molar refractivity (Wildman–Crippen MR) is 82.2 cm³/mol. The Labute approximate surface area is 126 Å². The molecule has 0 bridgehead atoms. The van der Waals surface area contributed by atoms with Gasteiger partial charge in [-0.1, -0.05) is 23.7 Å². The predicted octanol–water partition coefficient (Wildman–Crippen LogP) is 3.60. The number of hydrogen-bond acceptors (Lipinski definition) is 6. The minimum absolute atomic E-state index is 0.00626. The van der Waals surface area contributed by atoms with Gasteiger partial charge >= 0.3 is 5.69 Å². The third kappa shape index (κ3) is 3.57. The van der Waals surface area contributed by atoms with Crippen molar-refractivity contribution in [3.05, 3.63) is 45.7 Å². The van der Waals surface area contributed by atoms with Crippen molar-refractivity contribution in [1.29, 1.82) is 0 Å². The molecule has 1 aromatic carbocycles. The number of para-hydroxylation sites is 1. The lowest BCUT2D eigenvalue weighted by Gasteiger charge is -2.12. The van der Waals surface area contributed by atoms with E-state index in [1.807, 2.05) is 13.8 Å². The largest absolute Gasteiger partial charge is 0.362 e. The van der Waals surface area contributed by atoms with Gasteiger partial charge in [0.25, 0.3) is 0 Å². The molecule has 0 unspecified atom stereocenters. The van der Waals surface area contributed by atoms with E-state index in [1.165, 1.54) is 6.33 Å². The van der Waals surface area contributed by atoms with Gasteiger partial charge in [-0.15, -0.1) is 0 Å². The van der Waals surface area contributed by atoms with Crippen molar-refractivity contribution in [3.63, 3.8) is 0 Å². The highest BCUT2D eigenvalue weighted by atomic mass is 35.5. The fraction of sp³-hybridized carbons (Fsp3) is 0.231. The van der Waals surface area contributed by atoms with Crippen molar-refractivity contribution in [2.24, 2.45) is 0 Å². The molecule has 0 aliphatic rings. The summed E-state index contributed by atoms with van der Waals surface area (Å²) in [6.07, 6.45) is 1.26. The second-order valence-electron chi connectivity index (χ2n) is 4.58. The maximum atomic E-state index is 11.3. The van der Waals surface area contributed by atoms with Crippen LogP contribution in [0.4, 0.5) is 23.0 Å². The zero-order chi connectivity index (χ0) is 15.4. The molecule has 2 N–H and O–H groups in total. The van der Waals surface area contributed by atoms with Gasteiger partial charge in [-0.3, -0.25) is 10.1 Å². The molecule has 0 fully saturated rings. The van der Waals surface area contributed by atoms with E-state index >= 15 is 0 Å². The molecule has 2 rings (SSSR count). The fourth-order valence-corrected chi connectivity index (χ4v) is 1.90. The molecule has 2 aromatic rings. The van der Waals surface area contributed by atoms with E-state index in [2.05, 4.69) is 20.6 Å². The van der Waals surface area contributed by atoms with Crippen LogP contribution in [0.5, 0.6) is 0 Å². The Bertz CT molecular complexity index is 663. The molecule has 7 nitrogen and oxygen atoms in total. The Balaban J connectivity index is 2.44. The van der Waals surface area contributed by atoms with E-state index in [9.17, 15) is 10.1 Å². The van der Waals surface area contributed by atoms with Crippen LogP contribution >= 0.6 is 11.6 Å². The number of aromatic nitrogens is 2. The molecule has 0 amide bonds. The number of nitrogens with zero attached hydrogens (tertiary/aromatic N) is 3. The summed E-state index contributed by atoms with van der Waals surface area (Å²) in [5.74, 6) is 0.255. The van der Waals surface area contributed by atoms with Gasteiger partial charge in [-0.25, -0.2) is 9.97 Å². The molecule has 110 valence electrons. The highest BCUT2D eigenvalue weighted by molar-refractivity contribution is 6.33. The van der Waals surface area contributed by atoms with Crippen LogP contribution in [-0.4, -0.2) is 20.9 Å². The summed E-state index contributed by atoms with van der Waals surface area (Å²) in [6, 6.07) is 6.95. The van der Waals surface area contributed by atoms with E-state index in [0.717, 1.165) is 0 Å². The smallest absolute Gasteiger partial charge is 0.353 e. The Morgan fingerprint density at radius 1 is 1.24 bits per heavy atom. The van der Waals surface area contributed by atoms with Crippen molar-refractivity contribution in [1.82, 2.24) is 9.97 Å². The second kappa shape index (κ2) is 6.36. The molecule has 0 saturated carbocycles. The van der Waals surface area contributed by atoms with Crippen LogP contribution in [0.25, 0.3) is 0 Å². The van der Waals surface area contributed by atoms with Crippen LogP contribution < -0.4 is 10.6 Å². The standard InChI is InChI=1S/C13H14ClN5O2/c1-8(2)17-12-11(19(20)21)13(16-7-15-12)18-10-6-4-3-5-9(10)14/h3-8H,1-2H3,(H2,15,16,17,18). The number of anilines is 3. The number of benzene rings is 1. The number of nitrogens with one attached hydrogen (secondary N) is 2. The summed E-state index contributed by atoms with van der Waals surface area (Å²) in [6.45, 7) is 3.74. The Morgan fingerprint density at radius 2 is 1.90 bits per heavy atom. The van der Waals surface area contributed by atoms with Crippen molar-refractivity contribution in [3.8, 4) is 0 Å². The molecular weight excluding hydrogens is 294 g/mol. The summed E-state index contributed by atoms with van der Waals surface area (Å²) >= 11 is 6.04. The van der Waals surface area contributed by atoms with Crippen LogP contribution in [-0.2, 0) is 0 Å². The maximum absolute atomic E-state index is 11.3. The number of rotatable bonds is 5. The lowest BCUT2D eigenvalue weighted by molar-refractivity contribution is -0.383. The molecule has 8 heteroatoms. The van der Waals surface area contributed by atoms with Gasteiger partial charge in [0.15, 0.2) is 0 Å². The van der Waals surface area contributed by atoms with Crippen LogP contribution in [0.3, 0.4) is 0 Å². The summed E-state index contributed by atoms with van der Waals surface area (Å²) < 4.78 is 0. The molecule has 0 radical (unpaired) electrons. The van der Waals surface area contributed by atoms with Crippen molar-refractivity contribution >= 4 is 34.6 Å². The summed E-state index contributed by atoms with van der Waals surface area (Å²) in [4.78, 5) is 18.7. The van der Waals surface area contributed by atoms with Crippen LogP contribution in [0.2, 0.25) is 5.02 Å². The molecule has 21 heavy (non-hydrogen) atoms. The van der Waals surface area contributed by atoms with Gasteiger partial charge in [-0.05, 0) is 26.0 Å². The van der Waals surface area contributed by atoms with Gasteiger partial charge in [0.1, 0.15) is 6.33 Å². The highest BCUT2D eigenvalue weighted by Crippen LogP contribution is 2.33. The van der Waals surface area contributed by atoms with Crippen molar-refractivity contribution < 1.29 is 4.92 Å². The summed E-state index contributed by atoms with van der Waals surface area (Å²) in [5.41, 5.74) is 0.322. The quantitative estimate of drug-likeness (QED) is 0.647. The Morgan fingerprint density at radius 3 is 2.52 bits per heavy atom. The fourth-order valence-electron chi connectivity index (χ4n) is 1.71. The minimum Gasteiger partial charge on any atom is -0.362 e. The molecule has 0 aliphatic heterocycles. The highest BCUT2D eigenvalue weighted by Gasteiger charge is 2.23. The van der Waals surface area contributed by atoms with Gasteiger partial charge in [-0.2, -0.15) is 0 Å². The normalized spacial score (nSPS) is 10.5. The Kier molecular flexibility index (Phi) is 4.54. The van der Waals surface area contributed by atoms with E-state index in [1.54, 1.807) is 24.3 Å². The number of nitro groups is 1. The molecule has 0 spiro atoms. The van der Waals surface area contributed by atoms with Crippen molar-refractivity contribution in [2.75, 3.05) is 10.6 Å². The minimum atomic E-state index is -0.524. The first-order valence-electron chi connectivity index (χ1n) is 6.26. The summed E-state index contributed by atoms with van der Waals surface area (Å²) in [5, 5.41) is 17.6. The molecular formula is C13H14ClN5O2. The van der Waals surface area contributed by atoms with Crippen LogP contribution in [0.15, 0.2) is 30.6 Å². The van der Waals surface area contributed by atoms with Gasteiger partial charge < -0.3 is 10.6 Å². The lowest BCUT2D eigenvalue weighted by atomic mass is 10.3. The van der Waals surface area contributed by atoms with Gasteiger partial charge in [0, 0.05) is 6.04 Å². The van der Waals surface area contributed by atoms with Crippen LogP contribution in [0.1, 0.15) is 13.8 Å². The maximum Gasteiger partial charge on any atom is 0.353 e. The van der Waals surface area contributed by atoms with Crippen LogP contribution in [0, 0.1) is 10.1 Å². The SMILES string of the molecule is CC(C)Nc1ncnc(Nc2ccccc2Cl)c1[N+](=O)[O-]. The third-order valence-corrected chi connectivity index (χ3v) is 2.89. The average Bonchev–Trinajstić information content (AvgIpc) is 2.40. The number of halogens is 1. The van der Waals surface area contributed by atoms with E-state index in [-0.39, 0.29) is 23.4 Å². The third-order valence-electron chi connectivity index (χ3n) is 2.56. The molecule has 1 aromatic heterocycles. The molecule has 1 heterocycles. The second-order valence-corrected chi connectivity index (χ2v) is 4.99. The molecule has 0 aliphatic carbocycles. The zero-order valence-corrected chi connectivity index (χ0v) is 12.3. The van der Waals surface area contributed by atoms with Crippen molar-refractivity contribution in [2.45, 2.75) is 19.9 Å². The molecule has 0 atom stereocenters. The number of hydrogen-bond donors (Lipinski definition) is 2.